The Morgan fingerprint density at radius 2 is 1.70 bits per heavy atom. The van der Waals surface area contributed by atoms with Gasteiger partial charge in [-0.2, -0.15) is 0 Å². The molecule has 0 aromatic heterocycles. The number of hydrogen-bond donors (Lipinski definition) is 2. The molecule has 0 bridgehead atoms. The summed E-state index contributed by atoms with van der Waals surface area (Å²) in [5.74, 6) is 0.943. The van der Waals surface area contributed by atoms with Crippen molar-refractivity contribution in [2.24, 2.45) is 4.99 Å². The van der Waals surface area contributed by atoms with Crippen LogP contribution in [0.3, 0.4) is 0 Å². The van der Waals surface area contributed by atoms with E-state index in [9.17, 15) is 5.11 Å². The number of likely N-dealkylation sites (N-methyl/N-ethyl adjacent to an activating group) is 2. The maximum Gasteiger partial charge on any atom is 0.134 e. The Bertz CT molecular complexity index is 471. The van der Waals surface area contributed by atoms with Gasteiger partial charge in [-0.1, -0.05) is 18.1 Å². The summed E-state index contributed by atoms with van der Waals surface area (Å²) >= 11 is 0. The first-order chi connectivity index (χ1) is 10.9. The highest BCUT2D eigenvalue weighted by molar-refractivity contribution is 6.00. The van der Waals surface area contributed by atoms with Crippen LogP contribution in [0.4, 0.5) is 0 Å². The summed E-state index contributed by atoms with van der Waals surface area (Å²) in [4.78, 5) is 9.58. The van der Waals surface area contributed by atoms with Crippen molar-refractivity contribution in [2.75, 3.05) is 53.4 Å². The zero-order valence-corrected chi connectivity index (χ0v) is 15.7. The third-order valence-electron chi connectivity index (χ3n) is 4.61. The van der Waals surface area contributed by atoms with E-state index in [0.717, 1.165) is 61.8 Å². The molecule has 23 heavy (non-hydrogen) atoms. The molecule has 0 aromatic carbocycles. The average molecular weight is 322 g/mol. The maximum absolute atomic E-state index is 9.97. The highest BCUT2D eigenvalue weighted by Crippen LogP contribution is 2.16. The largest absolute Gasteiger partial charge is 0.392 e. The van der Waals surface area contributed by atoms with E-state index in [1.807, 2.05) is 7.05 Å². The Morgan fingerprint density at radius 1 is 1.09 bits per heavy atom. The van der Waals surface area contributed by atoms with E-state index in [4.69, 9.17) is 4.99 Å². The van der Waals surface area contributed by atoms with Crippen LogP contribution in [0.25, 0.3) is 0 Å². The van der Waals surface area contributed by atoms with Gasteiger partial charge in [0, 0.05) is 44.0 Å². The number of nitrogens with one attached hydrogen (secondary N) is 1. The summed E-state index contributed by atoms with van der Waals surface area (Å²) in [6, 6.07) is 0. The molecular weight excluding hydrogens is 288 g/mol. The fraction of sp³-hybridized carbons (Fsp3) is 0.722. The summed E-state index contributed by atoms with van der Waals surface area (Å²) in [5, 5.41) is 13.1. The molecule has 0 unspecified atom stereocenters. The van der Waals surface area contributed by atoms with Crippen LogP contribution in [0.2, 0.25) is 0 Å². The average Bonchev–Trinajstić information content (AvgIpc) is 2.54. The topological polar surface area (TPSA) is 51.1 Å². The van der Waals surface area contributed by atoms with Gasteiger partial charge in [-0.05, 0) is 41.3 Å². The van der Waals surface area contributed by atoms with Crippen molar-refractivity contribution in [2.45, 2.75) is 34.1 Å². The molecule has 132 valence electrons. The Labute approximate surface area is 141 Å². The summed E-state index contributed by atoms with van der Waals surface area (Å²) in [5.41, 5.74) is 4.45. The third-order valence-corrected chi connectivity index (χ3v) is 4.61. The van der Waals surface area contributed by atoms with E-state index in [1.165, 1.54) is 5.57 Å². The van der Waals surface area contributed by atoms with Gasteiger partial charge in [0.05, 0.1) is 6.61 Å². The van der Waals surface area contributed by atoms with Gasteiger partial charge < -0.3 is 20.2 Å². The smallest absolute Gasteiger partial charge is 0.134 e. The lowest BCUT2D eigenvalue weighted by molar-refractivity contribution is 0.214. The normalized spacial score (nSPS) is 19.6. The number of rotatable bonds is 6. The number of nitrogens with zero attached hydrogens (tertiary/aromatic N) is 3. The summed E-state index contributed by atoms with van der Waals surface area (Å²) in [6.45, 7) is 13.2. The second-order valence-electron chi connectivity index (χ2n) is 6.39. The van der Waals surface area contributed by atoms with Gasteiger partial charge in [-0.25, -0.2) is 4.99 Å². The minimum atomic E-state index is 0.0249. The predicted molar refractivity (Wildman–Crippen MR) is 98.9 cm³/mol. The molecule has 1 aliphatic rings. The fourth-order valence-corrected chi connectivity index (χ4v) is 2.63. The van der Waals surface area contributed by atoms with E-state index >= 15 is 0 Å². The highest BCUT2D eigenvalue weighted by Gasteiger charge is 2.21. The number of hydrogen-bond acceptors (Lipinski definition) is 4. The quantitative estimate of drug-likeness (QED) is 0.579. The van der Waals surface area contributed by atoms with Gasteiger partial charge in [0.1, 0.15) is 5.84 Å². The second kappa shape index (κ2) is 9.85. The maximum atomic E-state index is 9.97. The predicted octanol–water partition coefficient (Wildman–Crippen LogP) is 1.86. The number of amidine groups is 1. The summed E-state index contributed by atoms with van der Waals surface area (Å²) < 4.78 is 0. The van der Waals surface area contributed by atoms with Crippen molar-refractivity contribution >= 4 is 5.84 Å². The van der Waals surface area contributed by atoms with Gasteiger partial charge in [0.2, 0.25) is 0 Å². The van der Waals surface area contributed by atoms with E-state index in [0.29, 0.717) is 0 Å². The van der Waals surface area contributed by atoms with Crippen LogP contribution in [0.15, 0.2) is 27.4 Å². The Morgan fingerprint density at radius 3 is 2.17 bits per heavy atom. The highest BCUT2D eigenvalue weighted by atomic mass is 16.3. The monoisotopic (exact) mass is 322 g/mol. The van der Waals surface area contributed by atoms with Crippen molar-refractivity contribution in [1.29, 1.82) is 0 Å². The van der Waals surface area contributed by atoms with Crippen LogP contribution >= 0.6 is 0 Å². The number of allylic oxidation sites excluding steroid dienone is 2. The SMILES string of the molecule is CC/C(C)=C(C)/N=C(/C(CO)=C(\C)CNC)N1CCN(C)CC1. The molecule has 0 atom stereocenters. The molecule has 5 heteroatoms. The van der Waals surface area contributed by atoms with Gasteiger partial charge in [-0.15, -0.1) is 0 Å². The standard InChI is InChI=1S/C18H34N4O/c1-7-14(2)16(4)20-18(17(13-23)15(3)12-19-5)22-10-8-21(6)9-11-22/h19,23H,7-13H2,1-6H3/b16-14+,17-15+,20-18-. The van der Waals surface area contributed by atoms with Gasteiger partial charge >= 0.3 is 0 Å². The first-order valence-electron chi connectivity index (χ1n) is 8.57. The van der Waals surface area contributed by atoms with Crippen LogP contribution in [-0.2, 0) is 0 Å². The number of aliphatic hydroxyl groups is 1. The Hall–Kier alpha value is -1.17. The van der Waals surface area contributed by atoms with Crippen molar-refractivity contribution in [3.05, 3.63) is 22.4 Å². The molecule has 1 fully saturated rings. The molecule has 0 radical (unpaired) electrons. The van der Waals surface area contributed by atoms with Gasteiger partial charge in [0.25, 0.3) is 0 Å². The molecular formula is C18H34N4O. The van der Waals surface area contributed by atoms with Crippen LogP contribution in [0, 0.1) is 0 Å². The van der Waals surface area contributed by atoms with Crippen LogP contribution < -0.4 is 5.32 Å². The van der Waals surface area contributed by atoms with E-state index in [-0.39, 0.29) is 6.61 Å². The third kappa shape index (κ3) is 5.75. The zero-order chi connectivity index (χ0) is 17.4. The molecule has 0 amide bonds. The Kier molecular flexibility index (Phi) is 8.52. The Balaban J connectivity index is 3.25. The molecule has 1 aliphatic heterocycles. The summed E-state index contributed by atoms with van der Waals surface area (Å²) in [6.07, 6.45) is 0.999. The first kappa shape index (κ1) is 19.9. The van der Waals surface area contributed by atoms with Crippen molar-refractivity contribution in [1.82, 2.24) is 15.1 Å². The second-order valence-corrected chi connectivity index (χ2v) is 6.39. The number of aliphatic imine (C=N–C) groups is 1. The van der Waals surface area contributed by atoms with E-state index in [2.05, 4.69) is 49.9 Å². The summed E-state index contributed by atoms with van der Waals surface area (Å²) in [7, 11) is 4.08. The molecule has 0 spiro atoms. The lowest BCUT2D eigenvalue weighted by Gasteiger charge is -2.35. The fourth-order valence-electron chi connectivity index (χ4n) is 2.63. The van der Waals surface area contributed by atoms with Crippen LogP contribution in [0.5, 0.6) is 0 Å². The molecule has 0 saturated carbocycles. The van der Waals surface area contributed by atoms with E-state index < -0.39 is 0 Å². The van der Waals surface area contributed by atoms with Gasteiger partial charge in [-0.3, -0.25) is 0 Å². The zero-order valence-electron chi connectivity index (χ0n) is 15.7. The van der Waals surface area contributed by atoms with E-state index in [1.54, 1.807) is 0 Å². The molecule has 0 aliphatic carbocycles. The molecule has 1 saturated heterocycles. The van der Waals surface area contributed by atoms with Crippen molar-refractivity contribution in [3.63, 3.8) is 0 Å². The first-order valence-corrected chi connectivity index (χ1v) is 8.57. The van der Waals surface area contributed by atoms with Crippen LogP contribution in [-0.4, -0.2) is 74.2 Å². The molecule has 0 aromatic rings. The minimum absolute atomic E-state index is 0.0249. The van der Waals surface area contributed by atoms with Crippen molar-refractivity contribution in [3.8, 4) is 0 Å². The van der Waals surface area contributed by atoms with Gasteiger partial charge in [0.15, 0.2) is 0 Å². The minimum Gasteiger partial charge on any atom is -0.392 e. The molecule has 2 N–H and O–H groups in total. The van der Waals surface area contributed by atoms with Crippen LogP contribution in [0.1, 0.15) is 34.1 Å². The lowest BCUT2D eigenvalue weighted by Crippen LogP contribution is -2.48. The lowest BCUT2D eigenvalue weighted by atomic mass is 10.1. The molecule has 1 rings (SSSR count). The van der Waals surface area contributed by atoms with Crippen molar-refractivity contribution < 1.29 is 5.11 Å². The number of aliphatic hydroxyl groups excluding tert-OH is 1. The molecule has 5 nitrogen and oxygen atoms in total. The number of piperazine rings is 1. The molecule has 1 heterocycles.